The summed E-state index contributed by atoms with van der Waals surface area (Å²) in [7, 11) is 0. The number of hydrogen-bond donors (Lipinski definition) is 0. The van der Waals surface area contributed by atoms with Crippen LogP contribution in [0.15, 0.2) is 396 Å². The number of pyridine rings is 6. The van der Waals surface area contributed by atoms with Crippen molar-refractivity contribution in [3.8, 4) is 158 Å². The molecule has 0 spiro atoms. The summed E-state index contributed by atoms with van der Waals surface area (Å²) in [5.41, 5.74) is 10.7. The summed E-state index contributed by atoms with van der Waals surface area (Å²) in [5.74, 6) is 37.1. The van der Waals surface area contributed by atoms with Gasteiger partial charge in [-0.05, 0) is 256 Å². The molecule has 18 rings (SSSR count). The molecule has 0 atom stereocenters. The molecule has 0 bridgehead atoms. The summed E-state index contributed by atoms with van der Waals surface area (Å²) in [6, 6.07) is 93.1. The Balaban J connectivity index is 0.000000143. The highest BCUT2D eigenvalue weighted by Crippen LogP contribution is 2.31. The molecule has 6 heterocycles. The molecule has 0 aliphatic carbocycles. The van der Waals surface area contributed by atoms with E-state index in [1.165, 1.54) is 96.7 Å². The van der Waals surface area contributed by atoms with Crippen molar-refractivity contribution in [2.45, 2.75) is 13.8 Å². The molecule has 0 radical (unpaired) electrons. The summed E-state index contributed by atoms with van der Waals surface area (Å²) in [6.07, 6.45) is 19.1. The van der Waals surface area contributed by atoms with Crippen LogP contribution >= 0.6 is 11.6 Å². The molecule has 18 aromatic rings. The lowest BCUT2D eigenvalue weighted by atomic mass is 10.1. The van der Waals surface area contributed by atoms with Gasteiger partial charge in [-0.15, -0.1) is 0 Å². The van der Waals surface area contributed by atoms with E-state index in [1.807, 2.05) is 86.6 Å². The van der Waals surface area contributed by atoms with Crippen LogP contribution in [0.2, 0.25) is 5.02 Å². The second kappa shape index (κ2) is 52.0. The van der Waals surface area contributed by atoms with Crippen molar-refractivity contribution >= 4 is 11.6 Å². The first-order chi connectivity index (χ1) is 69.2. The number of hydrogen-bond acceptors (Lipinski definition) is 15. The van der Waals surface area contributed by atoms with Crippen molar-refractivity contribution in [1.29, 1.82) is 15.8 Å². The van der Waals surface area contributed by atoms with Crippen LogP contribution in [-0.2, 0) is 0 Å². The lowest BCUT2D eigenvalue weighted by molar-refractivity contribution is 0.474. The van der Waals surface area contributed by atoms with Crippen LogP contribution in [-0.4, -0.2) is 29.9 Å². The van der Waals surface area contributed by atoms with Crippen molar-refractivity contribution < 1.29 is 59.2 Å². The van der Waals surface area contributed by atoms with Crippen molar-refractivity contribution in [3.63, 3.8) is 0 Å². The van der Waals surface area contributed by atoms with E-state index in [4.69, 9.17) is 55.8 Å². The first-order valence-electron chi connectivity index (χ1n) is 42.7. The van der Waals surface area contributed by atoms with Crippen molar-refractivity contribution in [2.24, 2.45) is 0 Å². The van der Waals surface area contributed by atoms with Crippen LogP contribution in [0.5, 0.6) is 69.0 Å². The molecule has 6 aromatic heterocycles. The Bertz CT molecular complexity index is 8000. The van der Waals surface area contributed by atoms with Gasteiger partial charge in [-0.25, -0.2) is 30.7 Å². The van der Waals surface area contributed by atoms with Gasteiger partial charge in [0.1, 0.15) is 116 Å². The third-order valence-electron chi connectivity index (χ3n) is 18.6. The zero-order valence-electron chi connectivity index (χ0n) is 75.0. The molecular formula is C119H71ClF7N9O6. The van der Waals surface area contributed by atoms with E-state index in [-0.39, 0.29) is 22.9 Å². The maximum absolute atomic E-state index is 13.8. The molecule has 142 heavy (non-hydrogen) atoms. The maximum Gasteiger partial charge on any atom is 0.145 e. The largest absolute Gasteiger partial charge is 0.456 e. The fourth-order valence-electron chi connectivity index (χ4n) is 12.2. The molecule has 0 amide bonds. The molecule has 23 heteroatoms. The van der Waals surface area contributed by atoms with E-state index < -0.39 is 29.1 Å². The second-order valence-electron chi connectivity index (χ2n) is 29.7. The minimum absolute atomic E-state index is 0.171. The predicted octanol–water partition coefficient (Wildman–Crippen LogP) is 27.5. The Morgan fingerprint density at radius 1 is 0.204 bits per heavy atom. The quantitative estimate of drug-likeness (QED) is 0.0824. The SMILES string of the molecule is Cc1ccc(C#Cc2cc(F)cc(Oc3cccnc3)c2)cc1.Cc1ccccc1C#Cc1cc(F)cc(Oc2cccnc2)c1.Fc1cc(C#Cc2cccc(Cl)c2)cc(Oc2cccnc2)c1.N#Cc1cc(F)cc(C#Cc2cc(F)cc(Oc3cccnc3)c2)c1.N#Cc1ccc(C#Cc2cc(F)cc(Oc3cccnc3)c2)cc1.N#Cc1ccccc1C#Cc1cc(F)cc(Oc2cccnc2)c1. The van der Waals surface area contributed by atoms with E-state index >= 15 is 0 Å². The molecule has 0 fully saturated rings. The molecule has 684 valence electrons. The number of nitrogens with zero attached hydrogens (tertiary/aromatic N) is 9. The molecule has 0 unspecified atom stereocenters. The van der Waals surface area contributed by atoms with E-state index in [9.17, 15) is 30.7 Å². The second-order valence-corrected chi connectivity index (χ2v) is 30.1. The van der Waals surface area contributed by atoms with Crippen molar-refractivity contribution in [1.82, 2.24) is 29.9 Å². The number of halogens is 8. The van der Waals surface area contributed by atoms with Gasteiger partial charge in [0, 0.05) is 145 Å². The number of benzene rings is 12. The highest BCUT2D eigenvalue weighted by atomic mass is 35.5. The average Bonchev–Trinajstić information content (AvgIpc) is 0.875. The highest BCUT2D eigenvalue weighted by molar-refractivity contribution is 6.30. The Labute approximate surface area is 819 Å². The first kappa shape index (κ1) is 99.4. The fraction of sp³-hybridized carbons (Fsp3) is 0.0168. The van der Waals surface area contributed by atoms with Crippen LogP contribution < -0.4 is 28.4 Å². The van der Waals surface area contributed by atoms with Crippen LogP contribution in [0.25, 0.3) is 0 Å². The topological polar surface area (TPSA) is 204 Å². The van der Waals surface area contributed by atoms with Crippen LogP contribution in [0.1, 0.15) is 94.6 Å². The van der Waals surface area contributed by atoms with Gasteiger partial charge in [0.2, 0.25) is 0 Å². The van der Waals surface area contributed by atoms with E-state index in [1.54, 1.807) is 238 Å². The molecule has 0 N–H and O–H groups in total. The summed E-state index contributed by atoms with van der Waals surface area (Å²) in [6.45, 7) is 4.01. The first-order valence-corrected chi connectivity index (χ1v) is 43.1. The van der Waals surface area contributed by atoms with Crippen LogP contribution in [0.3, 0.4) is 0 Å². The Kier molecular flexibility index (Phi) is 36.4. The van der Waals surface area contributed by atoms with Crippen molar-refractivity contribution in [3.05, 3.63) is 536 Å². The van der Waals surface area contributed by atoms with E-state index in [2.05, 4.69) is 107 Å². The smallest absolute Gasteiger partial charge is 0.145 e. The molecule has 0 aliphatic heterocycles. The third kappa shape index (κ3) is 33.9. The summed E-state index contributed by atoms with van der Waals surface area (Å²) in [4.78, 5) is 23.7. The molecule has 12 aromatic carbocycles. The zero-order valence-corrected chi connectivity index (χ0v) is 75.8. The Hall–Kier alpha value is -20.0. The summed E-state index contributed by atoms with van der Waals surface area (Å²) >= 11 is 5.91. The predicted molar refractivity (Wildman–Crippen MR) is 527 cm³/mol. The Morgan fingerprint density at radius 2 is 0.465 bits per heavy atom. The summed E-state index contributed by atoms with van der Waals surface area (Å²) in [5, 5.41) is 27.3. The summed E-state index contributed by atoms with van der Waals surface area (Å²) < 4.78 is 129. The lowest BCUT2D eigenvalue weighted by Gasteiger charge is -2.05. The Morgan fingerprint density at radius 3 is 0.768 bits per heavy atom. The average molecular weight is 1890 g/mol. The number of nitriles is 3. The standard InChI is InChI=1S/C20H10F2N2O.2C20H11FN2O.2C20H14FNO.C19H11ClFNO/c21-17-7-14(6-16(9-17)12-23)3-4-15-8-18(22)11-20(10-15)25-19-2-1-5-24-13-19;21-18-10-17(8-5-15-3-6-16(13-22)7-4-15)11-20(12-18)24-19-2-1-9-23-14-19;21-18-10-15(7-8-16-4-1-2-5-17(16)13-22)11-20(12-18)24-19-6-3-9-23-14-19;1-15-4-6-16(7-5-15)8-9-17-11-18(21)13-20(12-17)23-19-3-2-10-22-14-19;1-15-5-2-3-6-17(15)9-8-16-11-18(21)13-20(12-16)23-19-7-4-10-22-14-19;20-16-4-1-3-14(9-16)6-7-15-10-17(21)12-19(11-15)23-18-5-2-8-22-13-18/h1-2,5-11,13H;1-4,6-7,9-12,14H;1-6,9-12,14H;2*2-7,10-14H,1H3;1-5,8-13H. The minimum Gasteiger partial charge on any atom is -0.456 e. The van der Waals surface area contributed by atoms with Gasteiger partial charge in [0.25, 0.3) is 0 Å². The minimum atomic E-state index is -0.553. The van der Waals surface area contributed by atoms with Gasteiger partial charge in [0.05, 0.1) is 66.0 Å². The number of ether oxygens (including phenoxy) is 6. The molecule has 0 aliphatic rings. The van der Waals surface area contributed by atoms with E-state index in [0.29, 0.717) is 124 Å². The van der Waals surface area contributed by atoms with Gasteiger partial charge in [0.15, 0.2) is 0 Å². The maximum atomic E-state index is 13.8. The number of aromatic nitrogens is 6. The van der Waals surface area contributed by atoms with Crippen LogP contribution in [0.4, 0.5) is 30.7 Å². The number of rotatable bonds is 12. The normalized spacial score (nSPS) is 9.68. The monoisotopic (exact) mass is 1890 g/mol. The van der Waals surface area contributed by atoms with Gasteiger partial charge < -0.3 is 28.4 Å². The lowest BCUT2D eigenvalue weighted by Crippen LogP contribution is -1.88. The third-order valence-corrected chi connectivity index (χ3v) is 18.9. The van der Waals surface area contributed by atoms with Crippen molar-refractivity contribution in [2.75, 3.05) is 0 Å². The molecule has 0 saturated heterocycles. The zero-order chi connectivity index (χ0) is 99.4. The number of aryl methyl sites for hydroxylation is 2. The van der Waals surface area contributed by atoms with Gasteiger partial charge >= 0.3 is 0 Å². The molecule has 15 nitrogen and oxygen atoms in total. The van der Waals surface area contributed by atoms with Crippen LogP contribution in [0, 0.1) is 160 Å². The fourth-order valence-corrected chi connectivity index (χ4v) is 12.4. The highest BCUT2D eigenvalue weighted by Gasteiger charge is 2.12. The molecule has 0 saturated carbocycles. The van der Waals surface area contributed by atoms with E-state index in [0.717, 1.165) is 33.9 Å². The van der Waals surface area contributed by atoms with Gasteiger partial charge in [-0.3, -0.25) is 29.9 Å². The van der Waals surface area contributed by atoms with Gasteiger partial charge in [-0.1, -0.05) is 137 Å². The van der Waals surface area contributed by atoms with Gasteiger partial charge in [-0.2, -0.15) is 15.8 Å². The molecular weight excluding hydrogens is 1820 g/mol.